The number of aliphatic hydroxyl groups is 1. The Morgan fingerprint density at radius 3 is 2.80 bits per heavy atom. The van der Waals surface area contributed by atoms with Crippen molar-refractivity contribution in [3.8, 4) is 0 Å². The van der Waals surface area contributed by atoms with Crippen LogP contribution >= 0.6 is 0 Å². The van der Waals surface area contributed by atoms with E-state index in [4.69, 9.17) is 4.74 Å². The van der Waals surface area contributed by atoms with Crippen LogP contribution in [-0.2, 0) is 11.3 Å². The molecule has 1 atom stereocenters. The molecule has 1 heterocycles. The van der Waals surface area contributed by atoms with E-state index in [0.29, 0.717) is 19.1 Å². The van der Waals surface area contributed by atoms with Gasteiger partial charge in [-0.1, -0.05) is 0 Å². The fraction of sp³-hybridized carbons (Fsp3) is 0.500. The first-order valence-corrected chi connectivity index (χ1v) is 6.04. The molecule has 1 aromatic rings. The fourth-order valence-corrected chi connectivity index (χ4v) is 2.02. The van der Waals surface area contributed by atoms with Crippen molar-refractivity contribution in [1.29, 1.82) is 0 Å². The molecule has 0 aliphatic carbocycles. The van der Waals surface area contributed by atoms with E-state index < -0.39 is 27.8 Å². The van der Waals surface area contributed by atoms with Crippen LogP contribution in [0.3, 0.4) is 0 Å². The second kappa shape index (κ2) is 5.78. The molecule has 1 unspecified atom stereocenters. The topological polar surface area (TPSA) is 84.6 Å². The van der Waals surface area contributed by atoms with Gasteiger partial charge in [-0.05, 0) is 0 Å². The van der Waals surface area contributed by atoms with Crippen molar-refractivity contribution in [3.05, 3.63) is 39.4 Å². The van der Waals surface area contributed by atoms with E-state index in [1.165, 1.54) is 0 Å². The van der Waals surface area contributed by atoms with Crippen molar-refractivity contribution in [2.75, 3.05) is 19.8 Å². The summed E-state index contributed by atoms with van der Waals surface area (Å²) in [5.41, 5.74) is -1.81. The first-order valence-electron chi connectivity index (χ1n) is 6.04. The van der Waals surface area contributed by atoms with Crippen LogP contribution in [0.25, 0.3) is 0 Å². The van der Waals surface area contributed by atoms with Gasteiger partial charge in [-0.3, -0.25) is 10.1 Å². The van der Waals surface area contributed by atoms with Crippen molar-refractivity contribution in [2.24, 2.45) is 0 Å². The van der Waals surface area contributed by atoms with E-state index in [-0.39, 0.29) is 25.3 Å². The Hall–Kier alpha value is -1.64. The zero-order chi connectivity index (χ0) is 14.8. The number of ether oxygens (including phenoxy) is 1. The summed E-state index contributed by atoms with van der Waals surface area (Å²) >= 11 is 0. The molecule has 6 nitrogen and oxygen atoms in total. The highest BCUT2D eigenvalue weighted by molar-refractivity contribution is 5.37. The van der Waals surface area contributed by atoms with Crippen molar-refractivity contribution < 1.29 is 23.5 Å². The highest BCUT2D eigenvalue weighted by Gasteiger charge is 2.31. The summed E-state index contributed by atoms with van der Waals surface area (Å²) in [5, 5.41) is 23.4. The zero-order valence-electron chi connectivity index (χ0n) is 10.6. The minimum Gasteiger partial charge on any atom is -0.386 e. The number of hydrogen-bond acceptors (Lipinski definition) is 5. The van der Waals surface area contributed by atoms with Gasteiger partial charge in [-0.15, -0.1) is 0 Å². The van der Waals surface area contributed by atoms with Gasteiger partial charge in [-0.25, -0.2) is 4.39 Å². The maximum absolute atomic E-state index is 13.5. The van der Waals surface area contributed by atoms with E-state index in [1.807, 2.05) is 0 Å². The SMILES string of the molecule is O=[N+]([O-])c1cc(CNCC2(O)CCOC2)c(F)cc1F. The van der Waals surface area contributed by atoms with Crippen molar-refractivity contribution in [2.45, 2.75) is 18.6 Å². The Balaban J connectivity index is 2.02. The van der Waals surface area contributed by atoms with Crippen LogP contribution < -0.4 is 5.32 Å². The van der Waals surface area contributed by atoms with Gasteiger partial charge in [0.05, 0.1) is 11.5 Å². The van der Waals surface area contributed by atoms with Crippen molar-refractivity contribution in [1.82, 2.24) is 5.32 Å². The molecule has 1 aliphatic rings. The molecule has 1 aliphatic heterocycles. The number of nitrogens with zero attached hydrogens (tertiary/aromatic N) is 1. The molecule has 0 saturated carbocycles. The minimum absolute atomic E-state index is 0.0272. The van der Waals surface area contributed by atoms with E-state index in [2.05, 4.69) is 5.32 Å². The summed E-state index contributed by atoms with van der Waals surface area (Å²) in [6.07, 6.45) is 0.464. The zero-order valence-corrected chi connectivity index (χ0v) is 10.6. The monoisotopic (exact) mass is 288 g/mol. The van der Waals surface area contributed by atoms with Crippen LogP contribution in [-0.4, -0.2) is 35.4 Å². The standard InChI is InChI=1S/C12H14F2N2O4/c13-9-4-10(14)11(16(18)19)3-8(9)5-15-6-12(17)1-2-20-7-12/h3-4,15,17H,1-2,5-7H2. The number of nitro groups is 1. The predicted octanol–water partition coefficient (Wildman–Crippen LogP) is 1.11. The Morgan fingerprint density at radius 1 is 1.45 bits per heavy atom. The highest BCUT2D eigenvalue weighted by Crippen LogP contribution is 2.22. The number of halogens is 2. The molecule has 1 aromatic carbocycles. The van der Waals surface area contributed by atoms with E-state index in [9.17, 15) is 24.0 Å². The van der Waals surface area contributed by atoms with Crippen molar-refractivity contribution in [3.63, 3.8) is 0 Å². The second-order valence-electron chi connectivity index (χ2n) is 4.78. The molecule has 1 saturated heterocycles. The maximum atomic E-state index is 13.5. The summed E-state index contributed by atoms with van der Waals surface area (Å²) in [6.45, 7) is 0.757. The molecule has 0 amide bonds. The number of nitrogens with one attached hydrogen (secondary N) is 1. The Bertz CT molecular complexity index is 518. The van der Waals surface area contributed by atoms with E-state index in [1.54, 1.807) is 0 Å². The normalized spacial score (nSPS) is 22.1. The van der Waals surface area contributed by atoms with Crippen LogP contribution in [0.15, 0.2) is 12.1 Å². The molecule has 1 fully saturated rings. The molecule has 8 heteroatoms. The number of benzene rings is 1. The first kappa shape index (κ1) is 14.8. The molecular formula is C12H14F2N2O4. The van der Waals surface area contributed by atoms with Gasteiger partial charge in [0.25, 0.3) is 0 Å². The molecule has 0 spiro atoms. The van der Waals surface area contributed by atoms with Crippen LogP contribution in [0.1, 0.15) is 12.0 Å². The average Bonchev–Trinajstić information content (AvgIpc) is 2.78. The van der Waals surface area contributed by atoms with E-state index >= 15 is 0 Å². The third-order valence-corrected chi connectivity index (χ3v) is 3.16. The van der Waals surface area contributed by atoms with Crippen LogP contribution in [0, 0.1) is 21.7 Å². The maximum Gasteiger partial charge on any atom is 0.305 e. The summed E-state index contributed by atoms with van der Waals surface area (Å²) in [7, 11) is 0. The average molecular weight is 288 g/mol. The smallest absolute Gasteiger partial charge is 0.305 e. The predicted molar refractivity (Wildman–Crippen MR) is 65.1 cm³/mol. The Labute approximate surface area is 113 Å². The van der Waals surface area contributed by atoms with Crippen LogP contribution in [0.2, 0.25) is 0 Å². The first-order chi connectivity index (χ1) is 9.41. The van der Waals surface area contributed by atoms with Gasteiger partial charge in [0.15, 0.2) is 0 Å². The molecular weight excluding hydrogens is 274 g/mol. The third-order valence-electron chi connectivity index (χ3n) is 3.16. The molecule has 2 rings (SSSR count). The molecule has 0 aromatic heterocycles. The quantitative estimate of drug-likeness (QED) is 0.626. The lowest BCUT2D eigenvalue weighted by Crippen LogP contribution is -2.40. The second-order valence-corrected chi connectivity index (χ2v) is 4.78. The number of nitro benzene ring substituents is 1. The lowest BCUT2D eigenvalue weighted by atomic mass is 10.0. The van der Waals surface area contributed by atoms with Crippen LogP contribution in [0.5, 0.6) is 0 Å². The summed E-state index contributed by atoms with van der Waals surface area (Å²) < 4.78 is 31.7. The summed E-state index contributed by atoms with van der Waals surface area (Å²) in [6, 6.07) is 1.34. The van der Waals surface area contributed by atoms with Gasteiger partial charge in [0.2, 0.25) is 5.82 Å². The lowest BCUT2D eigenvalue weighted by Gasteiger charge is -2.20. The largest absolute Gasteiger partial charge is 0.386 e. The Kier molecular flexibility index (Phi) is 4.26. The van der Waals surface area contributed by atoms with Crippen LogP contribution in [0.4, 0.5) is 14.5 Å². The van der Waals surface area contributed by atoms with Gasteiger partial charge >= 0.3 is 5.69 Å². The summed E-state index contributed by atoms with van der Waals surface area (Å²) in [5.74, 6) is -2.07. The van der Waals surface area contributed by atoms with E-state index in [0.717, 1.165) is 6.07 Å². The molecule has 20 heavy (non-hydrogen) atoms. The van der Waals surface area contributed by atoms with Gasteiger partial charge in [0.1, 0.15) is 11.4 Å². The number of rotatable bonds is 5. The Morgan fingerprint density at radius 2 is 2.20 bits per heavy atom. The minimum atomic E-state index is -1.21. The number of hydrogen-bond donors (Lipinski definition) is 2. The lowest BCUT2D eigenvalue weighted by molar-refractivity contribution is -0.387. The van der Waals surface area contributed by atoms with Gasteiger partial charge in [-0.2, -0.15) is 4.39 Å². The third kappa shape index (κ3) is 3.27. The van der Waals surface area contributed by atoms with Crippen molar-refractivity contribution >= 4 is 5.69 Å². The summed E-state index contributed by atoms with van der Waals surface area (Å²) in [4.78, 5) is 9.68. The fourth-order valence-electron chi connectivity index (χ4n) is 2.02. The molecule has 2 N–H and O–H groups in total. The highest BCUT2D eigenvalue weighted by atomic mass is 19.1. The van der Waals surface area contributed by atoms with Gasteiger partial charge < -0.3 is 15.2 Å². The molecule has 110 valence electrons. The molecule has 0 radical (unpaired) electrons. The molecule has 0 bridgehead atoms. The van der Waals surface area contributed by atoms with Gasteiger partial charge in [0, 0.05) is 43.8 Å².